The second-order valence-corrected chi connectivity index (χ2v) is 12.8. The molecule has 2 amide bonds. The predicted molar refractivity (Wildman–Crippen MR) is 143 cm³/mol. The molecule has 2 spiro atoms. The SMILES string of the molecule is CC(C)(C)OC(=O)N1CCC2(CC(N)CO2)C1.CC(C)(C)OC(=O)N1CCC2(CC(N)CO2)C1.O=C(O)C(=O)O. The van der Waals surface area contributed by atoms with E-state index in [9.17, 15) is 9.59 Å². The Bertz CT molecular complexity index is 859. The Kier molecular flexibility index (Phi) is 10.8. The third-order valence-electron chi connectivity index (χ3n) is 6.59. The molecule has 0 aromatic rings. The molecule has 0 radical (unpaired) electrons. The summed E-state index contributed by atoms with van der Waals surface area (Å²) in [5.41, 5.74) is 10.4. The monoisotopic (exact) mass is 574 g/mol. The highest BCUT2D eigenvalue weighted by atomic mass is 16.6. The minimum atomic E-state index is -1.82. The lowest BCUT2D eigenvalue weighted by atomic mass is 9.98. The second kappa shape index (κ2) is 12.9. The molecule has 0 saturated carbocycles. The molecule has 230 valence electrons. The maximum atomic E-state index is 11.9. The predicted octanol–water partition coefficient (Wildman–Crippen LogP) is 1.38. The van der Waals surface area contributed by atoms with E-state index >= 15 is 0 Å². The normalized spacial score (nSPS) is 29.5. The zero-order valence-corrected chi connectivity index (χ0v) is 24.4. The Balaban J connectivity index is 0.000000234. The third kappa shape index (κ3) is 10.4. The molecule has 14 nitrogen and oxygen atoms in total. The van der Waals surface area contributed by atoms with Gasteiger partial charge in [-0.25, -0.2) is 19.2 Å². The number of hydrogen-bond donors (Lipinski definition) is 4. The number of amides is 2. The van der Waals surface area contributed by atoms with Gasteiger partial charge >= 0.3 is 24.1 Å². The molecule has 0 aromatic heterocycles. The van der Waals surface area contributed by atoms with Crippen LogP contribution in [0.5, 0.6) is 0 Å². The van der Waals surface area contributed by atoms with Crippen LogP contribution in [0.15, 0.2) is 0 Å². The summed E-state index contributed by atoms with van der Waals surface area (Å²) in [6, 6.07) is 0.210. The van der Waals surface area contributed by atoms with E-state index < -0.39 is 23.1 Å². The molecule has 6 N–H and O–H groups in total. The van der Waals surface area contributed by atoms with E-state index in [4.69, 9.17) is 50.2 Å². The van der Waals surface area contributed by atoms with Crippen molar-refractivity contribution in [2.45, 2.75) is 102 Å². The highest BCUT2D eigenvalue weighted by Crippen LogP contribution is 2.36. The summed E-state index contributed by atoms with van der Waals surface area (Å²) in [5.74, 6) is -3.65. The van der Waals surface area contributed by atoms with E-state index in [2.05, 4.69) is 0 Å². The van der Waals surface area contributed by atoms with Crippen molar-refractivity contribution in [3.8, 4) is 0 Å². The summed E-state index contributed by atoms with van der Waals surface area (Å²) in [4.78, 5) is 45.4. The van der Waals surface area contributed by atoms with Crippen molar-refractivity contribution in [3.63, 3.8) is 0 Å². The molecule has 4 heterocycles. The lowest BCUT2D eigenvalue weighted by Crippen LogP contribution is -2.39. The van der Waals surface area contributed by atoms with Crippen LogP contribution in [0.2, 0.25) is 0 Å². The lowest BCUT2D eigenvalue weighted by Gasteiger charge is -2.26. The van der Waals surface area contributed by atoms with Crippen molar-refractivity contribution in [1.82, 2.24) is 9.80 Å². The van der Waals surface area contributed by atoms with Crippen molar-refractivity contribution in [3.05, 3.63) is 0 Å². The van der Waals surface area contributed by atoms with Gasteiger partial charge in [0, 0.05) is 25.2 Å². The van der Waals surface area contributed by atoms with Gasteiger partial charge < -0.3 is 50.4 Å². The molecule has 14 heteroatoms. The van der Waals surface area contributed by atoms with Gasteiger partial charge in [0.15, 0.2) is 0 Å². The van der Waals surface area contributed by atoms with Gasteiger partial charge in [0.2, 0.25) is 0 Å². The lowest BCUT2D eigenvalue weighted by molar-refractivity contribution is -0.159. The van der Waals surface area contributed by atoms with Crippen LogP contribution in [0.25, 0.3) is 0 Å². The Hall–Kier alpha value is -2.68. The zero-order valence-electron chi connectivity index (χ0n) is 24.4. The second-order valence-electron chi connectivity index (χ2n) is 12.8. The summed E-state index contributed by atoms with van der Waals surface area (Å²) < 4.78 is 22.2. The number of carbonyl (C=O) groups excluding carboxylic acids is 2. The Morgan fingerprint density at radius 2 is 1.05 bits per heavy atom. The van der Waals surface area contributed by atoms with Gasteiger partial charge in [0.25, 0.3) is 0 Å². The van der Waals surface area contributed by atoms with Gasteiger partial charge in [-0.1, -0.05) is 0 Å². The van der Waals surface area contributed by atoms with E-state index in [0.29, 0.717) is 39.4 Å². The van der Waals surface area contributed by atoms with Crippen molar-refractivity contribution in [2.75, 3.05) is 39.4 Å². The summed E-state index contributed by atoms with van der Waals surface area (Å²) >= 11 is 0. The molecule has 0 bridgehead atoms. The average Bonchev–Trinajstić information content (AvgIpc) is 3.57. The Morgan fingerprint density at radius 1 is 0.725 bits per heavy atom. The molecule has 4 saturated heterocycles. The van der Waals surface area contributed by atoms with E-state index in [1.165, 1.54) is 0 Å². The number of aliphatic carboxylic acids is 2. The Morgan fingerprint density at radius 3 is 1.27 bits per heavy atom. The zero-order chi connectivity index (χ0) is 30.5. The quantitative estimate of drug-likeness (QED) is 0.303. The molecular weight excluding hydrogens is 528 g/mol. The van der Waals surface area contributed by atoms with Crippen LogP contribution < -0.4 is 11.5 Å². The van der Waals surface area contributed by atoms with Gasteiger partial charge in [-0.2, -0.15) is 0 Å². The maximum absolute atomic E-state index is 11.9. The van der Waals surface area contributed by atoms with Gasteiger partial charge in [-0.3, -0.25) is 0 Å². The fraction of sp³-hybridized carbons (Fsp3) is 0.846. The molecular formula is C26H46N4O10. The fourth-order valence-electron chi connectivity index (χ4n) is 4.98. The molecule has 4 atom stereocenters. The molecule has 4 unspecified atom stereocenters. The first-order chi connectivity index (χ1) is 18.2. The molecule has 0 aliphatic carbocycles. The number of ether oxygens (including phenoxy) is 4. The first kappa shape index (κ1) is 33.5. The van der Waals surface area contributed by atoms with E-state index in [-0.39, 0.29) is 35.5 Å². The van der Waals surface area contributed by atoms with Crippen LogP contribution in [0, 0.1) is 0 Å². The number of carbonyl (C=O) groups is 4. The molecule has 4 rings (SSSR count). The Labute approximate surface area is 235 Å². The van der Waals surface area contributed by atoms with Gasteiger partial charge in [-0.05, 0) is 67.2 Å². The summed E-state index contributed by atoms with van der Waals surface area (Å²) in [6.45, 7) is 15.0. The highest BCUT2D eigenvalue weighted by molar-refractivity contribution is 6.27. The molecule has 40 heavy (non-hydrogen) atoms. The molecule has 0 aromatic carbocycles. The van der Waals surface area contributed by atoms with Crippen molar-refractivity contribution >= 4 is 24.1 Å². The number of hydrogen-bond acceptors (Lipinski definition) is 10. The smallest absolute Gasteiger partial charge is 0.414 e. The van der Waals surface area contributed by atoms with Crippen molar-refractivity contribution in [1.29, 1.82) is 0 Å². The standard InChI is InChI=1S/2C12H22N2O3.C2H2O4/c2*1-11(2,3)17-10(15)14-5-4-12(8-14)6-9(13)7-16-12;3-1(4)2(5)6/h2*9H,4-8,13H2,1-3H3;(H,3,4)(H,5,6). The van der Waals surface area contributed by atoms with Gasteiger partial charge in [0.1, 0.15) is 11.2 Å². The van der Waals surface area contributed by atoms with Crippen LogP contribution in [-0.4, -0.2) is 118 Å². The van der Waals surface area contributed by atoms with E-state index in [1.54, 1.807) is 9.80 Å². The number of carboxylic acid groups (broad SMARTS) is 2. The number of rotatable bonds is 0. The minimum absolute atomic E-state index is 0.105. The third-order valence-corrected chi connectivity index (χ3v) is 6.59. The first-order valence-corrected chi connectivity index (χ1v) is 13.4. The molecule has 4 aliphatic rings. The van der Waals surface area contributed by atoms with Crippen LogP contribution in [0.4, 0.5) is 9.59 Å². The van der Waals surface area contributed by atoms with E-state index in [0.717, 1.165) is 25.7 Å². The van der Waals surface area contributed by atoms with Crippen LogP contribution in [0.1, 0.15) is 67.2 Å². The van der Waals surface area contributed by atoms with Crippen molar-refractivity contribution in [2.24, 2.45) is 11.5 Å². The molecule has 4 fully saturated rings. The van der Waals surface area contributed by atoms with Gasteiger partial charge in [-0.15, -0.1) is 0 Å². The van der Waals surface area contributed by atoms with Crippen LogP contribution >= 0.6 is 0 Å². The first-order valence-electron chi connectivity index (χ1n) is 13.4. The largest absolute Gasteiger partial charge is 0.473 e. The highest BCUT2D eigenvalue weighted by Gasteiger charge is 2.47. The van der Waals surface area contributed by atoms with Gasteiger partial charge in [0.05, 0.1) is 37.5 Å². The number of carboxylic acids is 2. The average molecular weight is 575 g/mol. The fourth-order valence-corrected chi connectivity index (χ4v) is 4.98. The summed E-state index contributed by atoms with van der Waals surface area (Å²) in [5, 5.41) is 14.8. The number of nitrogens with zero attached hydrogens (tertiary/aromatic N) is 2. The summed E-state index contributed by atoms with van der Waals surface area (Å²) in [6.07, 6.45) is 2.90. The maximum Gasteiger partial charge on any atom is 0.414 e. The minimum Gasteiger partial charge on any atom is -0.473 e. The summed E-state index contributed by atoms with van der Waals surface area (Å²) in [7, 11) is 0. The van der Waals surface area contributed by atoms with E-state index in [1.807, 2.05) is 41.5 Å². The van der Waals surface area contributed by atoms with Crippen LogP contribution in [0.3, 0.4) is 0 Å². The number of nitrogens with two attached hydrogens (primary N) is 2. The van der Waals surface area contributed by atoms with Crippen LogP contribution in [-0.2, 0) is 28.5 Å². The molecule has 4 aliphatic heterocycles. The van der Waals surface area contributed by atoms with Crippen molar-refractivity contribution < 1.29 is 48.3 Å². The number of likely N-dealkylation sites (tertiary alicyclic amines) is 2. The topological polar surface area (TPSA) is 204 Å².